The van der Waals surface area contributed by atoms with Crippen molar-refractivity contribution in [1.29, 1.82) is 0 Å². The largest absolute Gasteiger partial charge is 0.507 e. The molecule has 3 aromatic carbocycles. The summed E-state index contributed by atoms with van der Waals surface area (Å²) in [5, 5.41) is 18.5. The van der Waals surface area contributed by atoms with Gasteiger partial charge in [-0.05, 0) is 70.7 Å². The third kappa shape index (κ3) is 5.10. The number of aromatic hydroxyl groups is 1. The van der Waals surface area contributed by atoms with E-state index in [2.05, 4.69) is 52.2 Å². The van der Waals surface area contributed by atoms with Crippen LogP contribution in [0.3, 0.4) is 0 Å². The van der Waals surface area contributed by atoms with Crippen molar-refractivity contribution in [3.05, 3.63) is 99.8 Å². The van der Waals surface area contributed by atoms with Gasteiger partial charge < -0.3 is 15.7 Å². The van der Waals surface area contributed by atoms with Crippen LogP contribution < -0.4 is 10.6 Å². The molecule has 3 aromatic rings. The van der Waals surface area contributed by atoms with Crippen LogP contribution in [-0.4, -0.2) is 16.7 Å². The number of phenolic OH excluding ortho intramolecular Hbond substituents is 1. The molecule has 1 aliphatic carbocycles. The first-order valence-corrected chi connectivity index (χ1v) is 13.8. The number of phenols is 1. The second kappa shape index (κ2) is 9.71. The molecule has 0 bridgehead atoms. The number of Topliss-reactive ketones (excluding diaryl/α,β-unsaturated/α-hetero) is 1. The van der Waals surface area contributed by atoms with Crippen LogP contribution >= 0.6 is 0 Å². The molecule has 0 spiro atoms. The number of fused-ring (bicyclic) bond motifs is 1. The minimum absolute atomic E-state index is 0.0434. The average Bonchev–Trinajstić information content (AvgIpc) is 3.04. The van der Waals surface area contributed by atoms with Gasteiger partial charge in [0.15, 0.2) is 11.6 Å². The summed E-state index contributed by atoms with van der Waals surface area (Å²) in [7, 11) is 0. The lowest BCUT2D eigenvalue weighted by atomic mass is 9.76. The third-order valence-corrected chi connectivity index (χ3v) is 7.73. The predicted octanol–water partition coefficient (Wildman–Crippen LogP) is 7.80. The second-order valence-electron chi connectivity index (χ2n) is 12.8. The molecule has 1 atom stereocenters. The van der Waals surface area contributed by atoms with Gasteiger partial charge in [0.05, 0.1) is 17.4 Å². The molecule has 3 N–H and O–H groups in total. The molecule has 5 rings (SSSR count). The smallest absolute Gasteiger partial charge is 0.193 e. The molecule has 39 heavy (non-hydrogen) atoms. The van der Waals surface area contributed by atoms with E-state index >= 15 is 0 Å². The highest BCUT2D eigenvalue weighted by molar-refractivity contribution is 6.10. The Kier molecular flexibility index (Phi) is 6.66. The fourth-order valence-electron chi connectivity index (χ4n) is 5.61. The second-order valence-corrected chi connectivity index (χ2v) is 12.8. The van der Waals surface area contributed by atoms with Crippen molar-refractivity contribution in [2.24, 2.45) is 0 Å². The molecule has 0 aromatic heterocycles. The molecule has 5 nitrogen and oxygen atoms in total. The summed E-state index contributed by atoms with van der Waals surface area (Å²) in [6.45, 7) is 12.6. The summed E-state index contributed by atoms with van der Waals surface area (Å²) >= 11 is 0. The zero-order valence-corrected chi connectivity index (χ0v) is 23.7. The van der Waals surface area contributed by atoms with Crippen LogP contribution in [0.4, 0.5) is 11.4 Å². The summed E-state index contributed by atoms with van der Waals surface area (Å²) in [6.07, 6.45) is 2.04. The molecule has 2 aliphatic rings. The molecule has 0 radical (unpaired) electrons. The molecule has 0 unspecified atom stereocenters. The molecule has 0 amide bonds. The van der Waals surface area contributed by atoms with E-state index in [1.807, 2.05) is 60.7 Å². The SMILES string of the molecule is CC(C)(C)c1cc([C@@H]2Nc3ccc(C(=O)c4ccccc4)cc3NC3=C2C(=O)CCC3)cc(C(C)(C)C)c1O. The molecule has 0 fully saturated rings. The molecule has 1 heterocycles. The Morgan fingerprint density at radius 3 is 2.08 bits per heavy atom. The van der Waals surface area contributed by atoms with Gasteiger partial charge in [-0.3, -0.25) is 9.59 Å². The van der Waals surface area contributed by atoms with Gasteiger partial charge in [0, 0.05) is 28.8 Å². The van der Waals surface area contributed by atoms with Crippen molar-refractivity contribution < 1.29 is 14.7 Å². The first kappa shape index (κ1) is 26.7. The average molecular weight is 523 g/mol. The minimum Gasteiger partial charge on any atom is -0.507 e. The lowest BCUT2D eigenvalue weighted by Gasteiger charge is -2.31. The Balaban J connectivity index is 1.66. The molecule has 202 valence electrons. The summed E-state index contributed by atoms with van der Waals surface area (Å²) < 4.78 is 0. The fourth-order valence-corrected chi connectivity index (χ4v) is 5.61. The number of carbonyl (C=O) groups is 2. The van der Waals surface area contributed by atoms with E-state index < -0.39 is 0 Å². The van der Waals surface area contributed by atoms with E-state index in [1.165, 1.54) is 0 Å². The maximum atomic E-state index is 13.5. The number of nitrogens with one attached hydrogen (secondary N) is 2. The highest BCUT2D eigenvalue weighted by atomic mass is 16.3. The van der Waals surface area contributed by atoms with Gasteiger partial charge in [-0.1, -0.05) is 71.9 Å². The molecular formula is C34H38N2O3. The maximum Gasteiger partial charge on any atom is 0.193 e. The number of carbonyl (C=O) groups excluding carboxylic acids is 2. The number of hydrogen-bond acceptors (Lipinski definition) is 5. The van der Waals surface area contributed by atoms with E-state index in [0.29, 0.717) is 23.3 Å². The number of allylic oxidation sites excluding steroid dienone is 1. The lowest BCUT2D eigenvalue weighted by Crippen LogP contribution is -2.25. The van der Waals surface area contributed by atoms with Gasteiger partial charge in [0.1, 0.15) is 5.75 Å². The zero-order chi connectivity index (χ0) is 28.1. The van der Waals surface area contributed by atoms with E-state index in [0.717, 1.165) is 52.2 Å². The van der Waals surface area contributed by atoms with Crippen molar-refractivity contribution in [2.75, 3.05) is 10.6 Å². The number of hydrogen-bond donors (Lipinski definition) is 3. The van der Waals surface area contributed by atoms with Gasteiger partial charge in [0.2, 0.25) is 0 Å². The van der Waals surface area contributed by atoms with Gasteiger partial charge >= 0.3 is 0 Å². The van der Waals surface area contributed by atoms with E-state index in [1.54, 1.807) is 0 Å². The number of ketones is 2. The van der Waals surface area contributed by atoms with Crippen LogP contribution in [0, 0.1) is 0 Å². The van der Waals surface area contributed by atoms with Crippen molar-refractivity contribution in [3.63, 3.8) is 0 Å². The highest BCUT2D eigenvalue weighted by Crippen LogP contribution is 2.45. The number of rotatable bonds is 3. The van der Waals surface area contributed by atoms with Crippen LogP contribution in [0.5, 0.6) is 5.75 Å². The Labute approximate surface area is 231 Å². The molecule has 0 saturated heterocycles. The normalized spacial score (nSPS) is 17.5. The van der Waals surface area contributed by atoms with Crippen LogP contribution in [0.2, 0.25) is 0 Å². The zero-order valence-electron chi connectivity index (χ0n) is 23.7. The third-order valence-electron chi connectivity index (χ3n) is 7.73. The first-order valence-electron chi connectivity index (χ1n) is 13.8. The van der Waals surface area contributed by atoms with Crippen molar-refractivity contribution in [3.8, 4) is 5.75 Å². The monoisotopic (exact) mass is 522 g/mol. The summed E-state index contributed by atoms with van der Waals surface area (Å²) in [6, 6.07) is 18.6. The van der Waals surface area contributed by atoms with Crippen LogP contribution in [0.15, 0.2) is 71.9 Å². The van der Waals surface area contributed by atoms with Gasteiger partial charge in [0.25, 0.3) is 0 Å². The number of benzene rings is 3. The van der Waals surface area contributed by atoms with Gasteiger partial charge in [-0.25, -0.2) is 0 Å². The Morgan fingerprint density at radius 2 is 1.46 bits per heavy atom. The Hall–Kier alpha value is -3.86. The summed E-state index contributed by atoms with van der Waals surface area (Å²) in [4.78, 5) is 26.7. The van der Waals surface area contributed by atoms with Gasteiger partial charge in [-0.15, -0.1) is 0 Å². The molecule has 1 aliphatic heterocycles. The fraction of sp³-hybridized carbons (Fsp3) is 0.353. The Bertz CT molecular complexity index is 1450. The maximum absolute atomic E-state index is 13.5. The number of anilines is 2. The lowest BCUT2D eigenvalue weighted by molar-refractivity contribution is -0.116. The van der Waals surface area contributed by atoms with Crippen LogP contribution in [0.1, 0.15) is 99.5 Å². The predicted molar refractivity (Wildman–Crippen MR) is 158 cm³/mol. The quantitative estimate of drug-likeness (QED) is 0.306. The van der Waals surface area contributed by atoms with Crippen molar-refractivity contribution in [1.82, 2.24) is 0 Å². The molecule has 5 heteroatoms. The summed E-state index contributed by atoms with van der Waals surface area (Å²) in [5.74, 6) is 0.398. The first-order chi connectivity index (χ1) is 18.3. The molecule has 0 saturated carbocycles. The van der Waals surface area contributed by atoms with Crippen molar-refractivity contribution >= 4 is 22.9 Å². The van der Waals surface area contributed by atoms with Crippen molar-refractivity contribution in [2.45, 2.75) is 77.7 Å². The van der Waals surface area contributed by atoms with Crippen LogP contribution in [-0.2, 0) is 15.6 Å². The van der Waals surface area contributed by atoms with E-state index in [4.69, 9.17) is 0 Å². The summed E-state index contributed by atoms with van der Waals surface area (Å²) in [5.41, 5.74) is 6.56. The standard InChI is InChI=1S/C34H38N2O3/c1-33(2,3)23-17-22(18-24(32(23)39)34(4,5)6)30-29-26(13-10-14-28(29)37)35-27-19-21(15-16-25(27)36-30)31(38)20-11-8-7-9-12-20/h7-9,11-12,15-19,30,35-36,39H,10,13-14H2,1-6H3/t30-/m0/s1. The highest BCUT2D eigenvalue weighted by Gasteiger charge is 2.35. The topological polar surface area (TPSA) is 78.4 Å². The van der Waals surface area contributed by atoms with Crippen LogP contribution in [0.25, 0.3) is 0 Å². The van der Waals surface area contributed by atoms with Gasteiger partial charge in [-0.2, -0.15) is 0 Å². The van der Waals surface area contributed by atoms with E-state index in [9.17, 15) is 14.7 Å². The minimum atomic E-state index is -0.389. The van der Waals surface area contributed by atoms with E-state index in [-0.39, 0.29) is 28.4 Å². The Morgan fingerprint density at radius 1 is 0.821 bits per heavy atom. The molecular weight excluding hydrogens is 484 g/mol.